The molecule has 0 radical (unpaired) electrons. The molecule has 0 fully saturated rings. The van der Waals surface area contributed by atoms with Gasteiger partial charge in [-0.05, 0) is 6.07 Å². The molecule has 6 nitrogen and oxygen atoms in total. The van der Waals surface area contributed by atoms with E-state index in [1.54, 1.807) is 17.6 Å². The third-order valence-corrected chi connectivity index (χ3v) is 2.83. The second-order valence-corrected chi connectivity index (χ2v) is 4.04. The summed E-state index contributed by atoms with van der Waals surface area (Å²) in [5.74, 6) is -0.203. The number of aromatic nitrogens is 3. The molecular weight excluding hydrogens is 226 g/mol. The summed E-state index contributed by atoms with van der Waals surface area (Å²) in [6.45, 7) is 0.771. The number of rotatable bonds is 4. The SMILES string of the molecule is NCc1nc(C(=O)NCc2ccn[nH]2)cs1. The lowest BCUT2D eigenvalue weighted by molar-refractivity contribution is 0.0946. The molecule has 0 saturated heterocycles. The Morgan fingerprint density at radius 3 is 3.12 bits per heavy atom. The molecule has 7 heteroatoms. The summed E-state index contributed by atoms with van der Waals surface area (Å²) >= 11 is 1.38. The number of carbonyl (C=O) groups is 1. The van der Waals surface area contributed by atoms with Gasteiger partial charge in [-0.25, -0.2) is 4.98 Å². The summed E-state index contributed by atoms with van der Waals surface area (Å²) in [5.41, 5.74) is 6.67. The number of H-pyrrole nitrogens is 1. The molecule has 1 amide bonds. The lowest BCUT2D eigenvalue weighted by Gasteiger charge is -1.99. The Labute approximate surface area is 95.9 Å². The highest BCUT2D eigenvalue weighted by molar-refractivity contribution is 7.09. The average molecular weight is 237 g/mol. The maximum absolute atomic E-state index is 11.6. The lowest BCUT2D eigenvalue weighted by atomic mass is 10.4. The van der Waals surface area contributed by atoms with Crippen molar-refractivity contribution in [3.63, 3.8) is 0 Å². The molecule has 0 bridgehead atoms. The van der Waals surface area contributed by atoms with Crippen molar-refractivity contribution >= 4 is 17.2 Å². The molecule has 0 aliphatic rings. The van der Waals surface area contributed by atoms with Gasteiger partial charge >= 0.3 is 0 Å². The van der Waals surface area contributed by atoms with Crippen LogP contribution in [0, 0.1) is 0 Å². The average Bonchev–Trinajstić information content (AvgIpc) is 2.96. The van der Waals surface area contributed by atoms with Crippen molar-refractivity contribution in [2.75, 3.05) is 0 Å². The fourth-order valence-electron chi connectivity index (χ4n) is 1.16. The highest BCUT2D eigenvalue weighted by Gasteiger charge is 2.09. The number of carbonyl (C=O) groups excluding carboxylic acids is 1. The first-order valence-electron chi connectivity index (χ1n) is 4.70. The minimum atomic E-state index is -0.203. The maximum Gasteiger partial charge on any atom is 0.271 e. The van der Waals surface area contributed by atoms with Gasteiger partial charge in [0.05, 0.1) is 12.2 Å². The normalized spacial score (nSPS) is 10.3. The van der Waals surface area contributed by atoms with Crippen molar-refractivity contribution in [3.05, 3.63) is 34.0 Å². The van der Waals surface area contributed by atoms with Crippen molar-refractivity contribution in [2.24, 2.45) is 5.73 Å². The smallest absolute Gasteiger partial charge is 0.271 e. The minimum absolute atomic E-state index is 0.203. The molecule has 2 rings (SSSR count). The topological polar surface area (TPSA) is 96.7 Å². The van der Waals surface area contributed by atoms with E-state index in [0.717, 1.165) is 10.7 Å². The third-order valence-electron chi connectivity index (χ3n) is 1.96. The van der Waals surface area contributed by atoms with E-state index in [4.69, 9.17) is 5.73 Å². The molecule has 0 atom stereocenters. The van der Waals surface area contributed by atoms with Gasteiger partial charge < -0.3 is 11.1 Å². The molecule has 0 aliphatic heterocycles. The number of aromatic amines is 1. The number of hydrogen-bond acceptors (Lipinski definition) is 5. The fraction of sp³-hybridized carbons (Fsp3) is 0.222. The van der Waals surface area contributed by atoms with Gasteiger partial charge in [0.25, 0.3) is 5.91 Å². The Balaban J connectivity index is 1.93. The zero-order chi connectivity index (χ0) is 11.4. The van der Waals surface area contributed by atoms with Crippen LogP contribution in [-0.4, -0.2) is 21.1 Å². The van der Waals surface area contributed by atoms with Crippen LogP contribution < -0.4 is 11.1 Å². The number of thiazole rings is 1. The lowest BCUT2D eigenvalue weighted by Crippen LogP contribution is -2.23. The molecule has 2 aromatic heterocycles. The number of nitrogens with zero attached hydrogens (tertiary/aromatic N) is 2. The zero-order valence-electron chi connectivity index (χ0n) is 8.43. The highest BCUT2D eigenvalue weighted by Crippen LogP contribution is 2.08. The van der Waals surface area contributed by atoms with E-state index in [1.807, 2.05) is 0 Å². The Bertz CT molecular complexity index is 464. The van der Waals surface area contributed by atoms with Crippen LogP contribution in [0.1, 0.15) is 21.2 Å². The first-order valence-corrected chi connectivity index (χ1v) is 5.58. The summed E-state index contributed by atoms with van der Waals surface area (Å²) < 4.78 is 0. The zero-order valence-corrected chi connectivity index (χ0v) is 9.25. The first kappa shape index (κ1) is 10.8. The second-order valence-electron chi connectivity index (χ2n) is 3.10. The van der Waals surface area contributed by atoms with E-state index in [0.29, 0.717) is 18.8 Å². The van der Waals surface area contributed by atoms with Gasteiger partial charge in [-0.1, -0.05) is 0 Å². The highest BCUT2D eigenvalue weighted by atomic mass is 32.1. The van der Waals surface area contributed by atoms with Crippen molar-refractivity contribution in [3.8, 4) is 0 Å². The molecule has 0 saturated carbocycles. The summed E-state index contributed by atoms with van der Waals surface area (Å²) in [4.78, 5) is 15.7. The van der Waals surface area contributed by atoms with Gasteiger partial charge in [-0.3, -0.25) is 9.89 Å². The summed E-state index contributed by atoms with van der Waals surface area (Å²) in [5, 5.41) is 11.7. The summed E-state index contributed by atoms with van der Waals surface area (Å²) in [6.07, 6.45) is 1.64. The molecule has 2 heterocycles. The van der Waals surface area contributed by atoms with E-state index in [9.17, 15) is 4.79 Å². The van der Waals surface area contributed by atoms with Crippen LogP contribution in [0.2, 0.25) is 0 Å². The van der Waals surface area contributed by atoms with Gasteiger partial charge in [0.2, 0.25) is 0 Å². The van der Waals surface area contributed by atoms with Crippen LogP contribution in [0.4, 0.5) is 0 Å². The Morgan fingerprint density at radius 2 is 2.50 bits per heavy atom. The summed E-state index contributed by atoms with van der Waals surface area (Å²) in [6, 6.07) is 1.80. The van der Waals surface area contributed by atoms with Crippen molar-refractivity contribution < 1.29 is 4.79 Å². The van der Waals surface area contributed by atoms with Gasteiger partial charge in [-0.2, -0.15) is 5.10 Å². The molecule has 4 N–H and O–H groups in total. The van der Waals surface area contributed by atoms with E-state index in [-0.39, 0.29) is 5.91 Å². The van der Waals surface area contributed by atoms with Gasteiger partial charge in [0.15, 0.2) is 0 Å². The number of hydrogen-bond donors (Lipinski definition) is 3. The van der Waals surface area contributed by atoms with Crippen molar-refractivity contribution in [2.45, 2.75) is 13.1 Å². The predicted octanol–water partition coefficient (Wildman–Crippen LogP) is 0.255. The van der Waals surface area contributed by atoms with Gasteiger partial charge in [0, 0.05) is 18.1 Å². The molecule has 2 aromatic rings. The molecule has 0 aliphatic carbocycles. The van der Waals surface area contributed by atoms with Crippen LogP contribution in [-0.2, 0) is 13.1 Å². The molecule has 0 spiro atoms. The maximum atomic E-state index is 11.6. The first-order chi connectivity index (χ1) is 7.79. The largest absolute Gasteiger partial charge is 0.345 e. The van der Waals surface area contributed by atoms with Crippen LogP contribution >= 0.6 is 11.3 Å². The molecule has 0 unspecified atom stereocenters. The molecule has 16 heavy (non-hydrogen) atoms. The minimum Gasteiger partial charge on any atom is -0.345 e. The third kappa shape index (κ3) is 2.44. The molecule has 84 valence electrons. The van der Waals surface area contributed by atoms with E-state index in [1.165, 1.54) is 11.3 Å². The summed E-state index contributed by atoms with van der Waals surface area (Å²) in [7, 11) is 0. The van der Waals surface area contributed by atoms with Crippen LogP contribution in [0.15, 0.2) is 17.6 Å². The van der Waals surface area contributed by atoms with Crippen molar-refractivity contribution in [1.82, 2.24) is 20.5 Å². The van der Waals surface area contributed by atoms with E-state index < -0.39 is 0 Å². The number of nitrogens with two attached hydrogens (primary N) is 1. The monoisotopic (exact) mass is 237 g/mol. The van der Waals surface area contributed by atoms with Crippen molar-refractivity contribution in [1.29, 1.82) is 0 Å². The Kier molecular flexibility index (Phi) is 3.28. The Morgan fingerprint density at radius 1 is 1.62 bits per heavy atom. The quantitative estimate of drug-likeness (QED) is 0.710. The molecule has 0 aromatic carbocycles. The number of amides is 1. The van der Waals surface area contributed by atoms with Gasteiger partial charge in [0.1, 0.15) is 10.7 Å². The van der Waals surface area contributed by atoms with E-state index in [2.05, 4.69) is 20.5 Å². The predicted molar refractivity (Wildman–Crippen MR) is 59.8 cm³/mol. The standard InChI is InChI=1S/C9H11N5OS/c10-3-8-13-7(5-16-8)9(15)11-4-6-1-2-12-14-6/h1-2,5H,3-4,10H2,(H,11,15)(H,12,14). The van der Waals surface area contributed by atoms with Crippen LogP contribution in [0.25, 0.3) is 0 Å². The number of nitrogens with one attached hydrogen (secondary N) is 2. The van der Waals surface area contributed by atoms with Gasteiger partial charge in [-0.15, -0.1) is 11.3 Å². The van der Waals surface area contributed by atoms with Crippen LogP contribution in [0.5, 0.6) is 0 Å². The fourth-order valence-corrected chi connectivity index (χ4v) is 1.81. The van der Waals surface area contributed by atoms with E-state index >= 15 is 0 Å². The molecular formula is C9H11N5OS. The second kappa shape index (κ2) is 4.86. The Hall–Kier alpha value is -1.73. The van der Waals surface area contributed by atoms with Crippen LogP contribution in [0.3, 0.4) is 0 Å².